The summed E-state index contributed by atoms with van der Waals surface area (Å²) in [4.78, 5) is 0. The van der Waals surface area contributed by atoms with Crippen LogP contribution >= 0.6 is 23.2 Å². The van der Waals surface area contributed by atoms with Crippen molar-refractivity contribution in [2.75, 3.05) is 32.8 Å². The Morgan fingerprint density at radius 2 is 1.23 bits per heavy atom. The zero-order valence-electron chi connectivity index (χ0n) is 23.8. The van der Waals surface area contributed by atoms with Crippen molar-refractivity contribution < 1.29 is 14.2 Å². The van der Waals surface area contributed by atoms with Crippen molar-refractivity contribution in [3.05, 3.63) is 124 Å². The third-order valence-corrected chi connectivity index (χ3v) is 8.56. The molecule has 0 spiro atoms. The van der Waals surface area contributed by atoms with Gasteiger partial charge in [-0.05, 0) is 41.5 Å². The van der Waals surface area contributed by atoms with Gasteiger partial charge in [0.15, 0.2) is 11.5 Å². The second-order valence-corrected chi connectivity index (χ2v) is 11.6. The summed E-state index contributed by atoms with van der Waals surface area (Å²) in [5.74, 6) is 1.92. The summed E-state index contributed by atoms with van der Waals surface area (Å²) >= 11 is 12.7. The normalized spacial score (nSPS) is 17.8. The van der Waals surface area contributed by atoms with Crippen LogP contribution in [-0.4, -0.2) is 50.2 Å². The van der Waals surface area contributed by atoms with E-state index in [0.717, 1.165) is 37.3 Å². The molecule has 2 aliphatic rings. The Kier molecular flexibility index (Phi) is 9.38. The highest BCUT2D eigenvalue weighted by Crippen LogP contribution is 2.36. The Morgan fingerprint density at radius 3 is 1.91 bits per heavy atom. The minimum absolute atomic E-state index is 0.273. The van der Waals surface area contributed by atoms with Crippen LogP contribution in [0.4, 0.5) is 0 Å². The molecule has 1 atom stereocenters. The van der Waals surface area contributed by atoms with E-state index in [1.807, 2.05) is 48.5 Å². The van der Waals surface area contributed by atoms with Gasteiger partial charge in [0, 0.05) is 37.6 Å². The highest BCUT2D eigenvalue weighted by Gasteiger charge is 2.60. The zero-order chi connectivity index (χ0) is 29.5. The summed E-state index contributed by atoms with van der Waals surface area (Å²) in [5.41, 5.74) is 0.723. The number of halogens is 2. The Hall–Kier alpha value is -3.30. The maximum atomic E-state index is 7.03. The van der Waals surface area contributed by atoms with Crippen molar-refractivity contribution in [3.63, 3.8) is 0 Å². The van der Waals surface area contributed by atoms with Gasteiger partial charge in [0.2, 0.25) is 0 Å². The molecule has 9 heteroatoms. The molecule has 4 aromatic carbocycles. The molecular formula is C34H36Cl2N4O3. The number of para-hydroxylation sites is 2. The van der Waals surface area contributed by atoms with Crippen molar-refractivity contribution in [3.8, 4) is 17.2 Å². The average molecular weight is 620 g/mol. The summed E-state index contributed by atoms with van der Waals surface area (Å²) in [5, 5.41) is 16.1. The molecule has 2 fully saturated rings. The fourth-order valence-corrected chi connectivity index (χ4v) is 6.40. The summed E-state index contributed by atoms with van der Waals surface area (Å²) in [6.45, 7) is 3.75. The summed E-state index contributed by atoms with van der Waals surface area (Å²) in [7, 11) is 0. The SMILES string of the molecule is Clc1ccc(OCC2(C3(C(Cc4ccccc4)Oc4ccccc4OCc4ccccc4)NCCN3)NCCN2)c(Cl)c1. The molecule has 2 saturated heterocycles. The fraction of sp³-hybridized carbons (Fsp3) is 0.294. The monoisotopic (exact) mass is 618 g/mol. The van der Waals surface area contributed by atoms with Gasteiger partial charge in [0.05, 0.1) is 5.02 Å². The Bertz CT molecular complexity index is 1480. The van der Waals surface area contributed by atoms with Crippen molar-refractivity contribution in [1.29, 1.82) is 0 Å². The summed E-state index contributed by atoms with van der Waals surface area (Å²) in [6, 6.07) is 33.6. The lowest BCUT2D eigenvalue weighted by atomic mass is 9.85. The molecule has 4 aromatic rings. The maximum Gasteiger partial charge on any atom is 0.161 e. The van der Waals surface area contributed by atoms with Crippen LogP contribution in [0.1, 0.15) is 11.1 Å². The first kappa shape index (κ1) is 29.8. The molecule has 0 bridgehead atoms. The Balaban J connectivity index is 1.34. The summed E-state index contributed by atoms with van der Waals surface area (Å²) < 4.78 is 19.7. The van der Waals surface area contributed by atoms with Gasteiger partial charge in [0.1, 0.15) is 36.4 Å². The molecule has 4 N–H and O–H groups in total. The van der Waals surface area contributed by atoms with Crippen LogP contribution in [0.25, 0.3) is 0 Å². The predicted molar refractivity (Wildman–Crippen MR) is 171 cm³/mol. The van der Waals surface area contributed by atoms with Crippen LogP contribution in [0.2, 0.25) is 10.0 Å². The van der Waals surface area contributed by atoms with E-state index in [1.54, 1.807) is 18.2 Å². The number of rotatable bonds is 12. The molecule has 43 heavy (non-hydrogen) atoms. The van der Waals surface area contributed by atoms with Gasteiger partial charge in [-0.15, -0.1) is 0 Å². The number of ether oxygens (including phenoxy) is 3. The smallest absolute Gasteiger partial charge is 0.161 e. The highest BCUT2D eigenvalue weighted by atomic mass is 35.5. The van der Waals surface area contributed by atoms with Gasteiger partial charge >= 0.3 is 0 Å². The van der Waals surface area contributed by atoms with Crippen molar-refractivity contribution in [2.45, 2.75) is 30.5 Å². The molecule has 0 aliphatic carbocycles. The first-order valence-corrected chi connectivity index (χ1v) is 15.4. The van der Waals surface area contributed by atoms with E-state index in [-0.39, 0.29) is 12.7 Å². The minimum Gasteiger partial charge on any atom is -0.489 e. The number of benzene rings is 4. The molecule has 224 valence electrons. The fourth-order valence-electron chi connectivity index (χ4n) is 5.94. The number of nitrogens with one attached hydrogen (secondary N) is 4. The highest BCUT2D eigenvalue weighted by molar-refractivity contribution is 6.35. The third-order valence-electron chi connectivity index (χ3n) is 8.02. The molecule has 1 unspecified atom stereocenters. The topological polar surface area (TPSA) is 75.8 Å². The van der Waals surface area contributed by atoms with Crippen LogP contribution in [0.15, 0.2) is 103 Å². The Labute approximate surface area is 262 Å². The molecular weight excluding hydrogens is 583 g/mol. The first-order valence-electron chi connectivity index (χ1n) is 14.6. The molecule has 0 aromatic heterocycles. The lowest BCUT2D eigenvalue weighted by Gasteiger charge is -2.50. The quantitative estimate of drug-likeness (QED) is 0.169. The van der Waals surface area contributed by atoms with Crippen molar-refractivity contribution in [2.24, 2.45) is 0 Å². The first-order chi connectivity index (χ1) is 21.1. The largest absolute Gasteiger partial charge is 0.489 e. The van der Waals surface area contributed by atoms with E-state index in [4.69, 9.17) is 37.4 Å². The molecule has 6 rings (SSSR count). The van der Waals surface area contributed by atoms with Crippen molar-refractivity contribution >= 4 is 23.2 Å². The lowest BCUT2D eigenvalue weighted by Crippen LogP contribution is -2.82. The summed E-state index contributed by atoms with van der Waals surface area (Å²) in [6.07, 6.45) is 0.238. The van der Waals surface area contributed by atoms with Crippen LogP contribution < -0.4 is 35.5 Å². The maximum absolute atomic E-state index is 7.03. The Morgan fingerprint density at radius 1 is 0.628 bits per heavy atom. The third kappa shape index (κ3) is 6.63. The zero-order valence-corrected chi connectivity index (χ0v) is 25.3. The van der Waals surface area contributed by atoms with Crippen molar-refractivity contribution in [1.82, 2.24) is 21.3 Å². The number of hydrogen-bond donors (Lipinski definition) is 4. The van der Waals surface area contributed by atoms with Crippen LogP contribution in [-0.2, 0) is 13.0 Å². The van der Waals surface area contributed by atoms with Gasteiger partial charge in [-0.3, -0.25) is 21.3 Å². The van der Waals surface area contributed by atoms with E-state index >= 15 is 0 Å². The molecule has 0 saturated carbocycles. The van der Waals surface area contributed by atoms with E-state index in [0.29, 0.717) is 40.3 Å². The standard InChI is InChI=1S/C34H36Cl2N4O3/c35-27-15-16-29(28(36)22-27)42-24-33(37-17-18-38-33)34(39-19-20-40-34)32(21-25-9-3-1-4-10-25)43-31-14-8-7-13-30(31)41-23-26-11-5-2-6-12-26/h1-16,22,32,37-40H,17-21,23-24H2. The number of hydrogen-bond acceptors (Lipinski definition) is 7. The van der Waals surface area contributed by atoms with E-state index < -0.39 is 11.3 Å². The van der Waals surface area contributed by atoms with Crippen LogP contribution in [0.5, 0.6) is 17.2 Å². The average Bonchev–Trinajstić information content (AvgIpc) is 3.73. The molecule has 2 heterocycles. The second kappa shape index (κ2) is 13.6. The van der Waals surface area contributed by atoms with Gasteiger partial charge in [-0.25, -0.2) is 0 Å². The molecule has 7 nitrogen and oxygen atoms in total. The van der Waals surface area contributed by atoms with Gasteiger partial charge < -0.3 is 14.2 Å². The van der Waals surface area contributed by atoms with Crippen LogP contribution in [0.3, 0.4) is 0 Å². The van der Waals surface area contributed by atoms with E-state index in [2.05, 4.69) is 57.7 Å². The second-order valence-electron chi connectivity index (χ2n) is 10.8. The van der Waals surface area contributed by atoms with Gasteiger partial charge in [0.25, 0.3) is 0 Å². The van der Waals surface area contributed by atoms with E-state index in [9.17, 15) is 0 Å². The predicted octanol–water partition coefficient (Wildman–Crippen LogP) is 5.42. The van der Waals surface area contributed by atoms with Gasteiger partial charge in [-0.2, -0.15) is 0 Å². The molecule has 0 amide bonds. The lowest BCUT2D eigenvalue weighted by molar-refractivity contribution is -0.0229. The minimum atomic E-state index is -0.773. The van der Waals surface area contributed by atoms with Crippen LogP contribution in [0, 0.1) is 0 Å². The molecule has 2 aliphatic heterocycles. The molecule has 0 radical (unpaired) electrons. The van der Waals surface area contributed by atoms with E-state index in [1.165, 1.54) is 0 Å². The van der Waals surface area contributed by atoms with Gasteiger partial charge in [-0.1, -0.05) is 96.0 Å².